The number of carbonyl (C=O) groups is 1. The van der Waals surface area contributed by atoms with E-state index in [1.54, 1.807) is 48.5 Å². The number of nitrogens with zero attached hydrogens (tertiary/aromatic N) is 1. The van der Waals surface area contributed by atoms with Gasteiger partial charge >= 0.3 is 0 Å². The lowest BCUT2D eigenvalue weighted by Gasteiger charge is -2.22. The van der Waals surface area contributed by atoms with Crippen LogP contribution in [0.25, 0.3) is 0 Å². The Morgan fingerprint density at radius 3 is 2.48 bits per heavy atom. The van der Waals surface area contributed by atoms with Crippen molar-refractivity contribution in [2.24, 2.45) is 0 Å². The van der Waals surface area contributed by atoms with Crippen LogP contribution < -0.4 is 14.4 Å². The van der Waals surface area contributed by atoms with Gasteiger partial charge in [-0.1, -0.05) is 29.8 Å². The van der Waals surface area contributed by atoms with Gasteiger partial charge < -0.3 is 10.1 Å². The molecular formula is C17H19ClN2O4S. The van der Waals surface area contributed by atoms with Gasteiger partial charge in [0, 0.05) is 18.0 Å². The zero-order valence-corrected chi connectivity index (χ0v) is 15.5. The number of halogens is 1. The van der Waals surface area contributed by atoms with Gasteiger partial charge in [0.25, 0.3) is 0 Å². The van der Waals surface area contributed by atoms with Crippen molar-refractivity contribution in [1.82, 2.24) is 0 Å². The van der Waals surface area contributed by atoms with E-state index in [2.05, 4.69) is 5.32 Å². The number of ether oxygens (including phenoxy) is 1. The Hall–Kier alpha value is -2.25. The summed E-state index contributed by atoms with van der Waals surface area (Å²) >= 11 is 5.93. The SMILES string of the molecule is COc1ccc(Cl)cc1NC(=O)CCN(c1ccccc1)S(C)(=O)=O. The van der Waals surface area contributed by atoms with E-state index in [4.69, 9.17) is 16.3 Å². The van der Waals surface area contributed by atoms with Gasteiger partial charge in [0.1, 0.15) is 5.75 Å². The molecule has 1 N–H and O–H groups in total. The van der Waals surface area contributed by atoms with Crippen molar-refractivity contribution in [3.05, 3.63) is 53.6 Å². The summed E-state index contributed by atoms with van der Waals surface area (Å²) < 4.78 is 30.4. The fourth-order valence-electron chi connectivity index (χ4n) is 2.27. The molecule has 0 aliphatic heterocycles. The third kappa shape index (κ3) is 5.37. The minimum absolute atomic E-state index is 0.0162. The Balaban J connectivity index is 2.09. The Bertz CT molecular complexity index is 841. The van der Waals surface area contributed by atoms with Gasteiger partial charge in [0.15, 0.2) is 0 Å². The molecular weight excluding hydrogens is 364 g/mol. The number of hydrogen-bond donors (Lipinski definition) is 1. The Morgan fingerprint density at radius 1 is 1.20 bits per heavy atom. The smallest absolute Gasteiger partial charge is 0.232 e. The van der Waals surface area contributed by atoms with Crippen LogP contribution >= 0.6 is 11.6 Å². The molecule has 134 valence electrons. The van der Waals surface area contributed by atoms with Gasteiger partial charge in [-0.2, -0.15) is 0 Å². The van der Waals surface area contributed by atoms with E-state index in [9.17, 15) is 13.2 Å². The molecule has 1 amide bonds. The van der Waals surface area contributed by atoms with E-state index in [0.717, 1.165) is 6.26 Å². The quantitative estimate of drug-likeness (QED) is 0.798. The number of carbonyl (C=O) groups excluding carboxylic acids is 1. The van der Waals surface area contributed by atoms with E-state index in [0.29, 0.717) is 22.1 Å². The summed E-state index contributed by atoms with van der Waals surface area (Å²) in [6.07, 6.45) is 1.09. The molecule has 25 heavy (non-hydrogen) atoms. The summed E-state index contributed by atoms with van der Waals surface area (Å²) in [5.41, 5.74) is 0.948. The molecule has 2 aromatic rings. The van der Waals surface area contributed by atoms with Crippen LogP contribution in [0, 0.1) is 0 Å². The minimum atomic E-state index is -3.50. The number of para-hydroxylation sites is 1. The highest BCUT2D eigenvalue weighted by molar-refractivity contribution is 7.92. The lowest BCUT2D eigenvalue weighted by molar-refractivity contribution is -0.116. The van der Waals surface area contributed by atoms with Crippen molar-refractivity contribution in [1.29, 1.82) is 0 Å². The fourth-order valence-corrected chi connectivity index (χ4v) is 3.37. The van der Waals surface area contributed by atoms with Gasteiger partial charge in [-0.05, 0) is 30.3 Å². The molecule has 0 bridgehead atoms. The van der Waals surface area contributed by atoms with Crippen molar-refractivity contribution >= 4 is 38.9 Å². The van der Waals surface area contributed by atoms with Crippen LogP contribution in [0.5, 0.6) is 5.75 Å². The number of hydrogen-bond acceptors (Lipinski definition) is 4. The van der Waals surface area contributed by atoms with Crippen LogP contribution in [-0.2, 0) is 14.8 Å². The maximum absolute atomic E-state index is 12.2. The number of nitrogens with one attached hydrogen (secondary N) is 1. The van der Waals surface area contributed by atoms with Crippen LogP contribution in [0.3, 0.4) is 0 Å². The summed E-state index contributed by atoms with van der Waals surface area (Å²) in [6, 6.07) is 13.5. The minimum Gasteiger partial charge on any atom is -0.495 e. The predicted molar refractivity (Wildman–Crippen MR) is 99.9 cm³/mol. The van der Waals surface area contributed by atoms with Gasteiger partial charge in [-0.15, -0.1) is 0 Å². The fraction of sp³-hybridized carbons (Fsp3) is 0.235. The van der Waals surface area contributed by atoms with Crippen molar-refractivity contribution in [3.63, 3.8) is 0 Å². The van der Waals surface area contributed by atoms with Crippen molar-refractivity contribution in [2.75, 3.05) is 29.5 Å². The molecule has 0 saturated heterocycles. The standard InChI is InChI=1S/C17H19ClN2O4S/c1-24-16-9-8-13(18)12-15(16)19-17(21)10-11-20(25(2,22)23)14-6-4-3-5-7-14/h3-9,12H,10-11H2,1-2H3,(H,19,21). The van der Waals surface area contributed by atoms with Crippen molar-refractivity contribution in [3.8, 4) is 5.75 Å². The third-order valence-corrected chi connectivity index (χ3v) is 4.85. The number of anilines is 2. The van der Waals surface area contributed by atoms with Crippen molar-refractivity contribution in [2.45, 2.75) is 6.42 Å². The maximum atomic E-state index is 12.2. The largest absolute Gasteiger partial charge is 0.495 e. The number of benzene rings is 2. The molecule has 0 heterocycles. The van der Waals surface area contributed by atoms with Gasteiger partial charge in [-0.3, -0.25) is 9.10 Å². The van der Waals surface area contributed by atoms with Crippen LogP contribution in [0.4, 0.5) is 11.4 Å². The zero-order valence-electron chi connectivity index (χ0n) is 13.9. The van der Waals surface area contributed by atoms with Gasteiger partial charge in [-0.25, -0.2) is 8.42 Å². The number of rotatable bonds is 7. The topological polar surface area (TPSA) is 75.7 Å². The molecule has 0 aromatic heterocycles. The Morgan fingerprint density at radius 2 is 1.88 bits per heavy atom. The number of amides is 1. The first-order chi connectivity index (χ1) is 11.8. The molecule has 0 fully saturated rings. The second-order valence-corrected chi connectivity index (χ2v) is 7.66. The third-order valence-electron chi connectivity index (χ3n) is 3.42. The molecule has 0 spiro atoms. The molecule has 0 aliphatic carbocycles. The summed E-state index contributed by atoms with van der Waals surface area (Å²) in [5, 5.41) is 3.15. The van der Waals surface area contributed by atoms with Crippen LogP contribution in [0.1, 0.15) is 6.42 Å². The zero-order chi connectivity index (χ0) is 18.4. The lowest BCUT2D eigenvalue weighted by atomic mass is 10.2. The Labute approximate surface area is 152 Å². The molecule has 2 rings (SSSR count). The van der Waals surface area contributed by atoms with E-state index >= 15 is 0 Å². The second-order valence-electron chi connectivity index (χ2n) is 5.31. The van der Waals surface area contributed by atoms with Crippen LogP contribution in [-0.4, -0.2) is 34.2 Å². The molecule has 2 aromatic carbocycles. The molecule has 8 heteroatoms. The average Bonchev–Trinajstić information content (AvgIpc) is 2.55. The van der Waals surface area contributed by atoms with E-state index < -0.39 is 10.0 Å². The first-order valence-electron chi connectivity index (χ1n) is 7.47. The molecule has 0 unspecified atom stereocenters. The van der Waals surface area contributed by atoms with Crippen LogP contribution in [0.2, 0.25) is 5.02 Å². The highest BCUT2D eigenvalue weighted by Crippen LogP contribution is 2.27. The summed E-state index contributed by atoms with van der Waals surface area (Å²) in [5.74, 6) is 0.130. The van der Waals surface area contributed by atoms with E-state index in [-0.39, 0.29) is 18.9 Å². The summed E-state index contributed by atoms with van der Waals surface area (Å²) in [6.45, 7) is 0.0254. The molecule has 0 radical (unpaired) electrons. The molecule has 0 saturated carbocycles. The highest BCUT2D eigenvalue weighted by atomic mass is 35.5. The van der Waals surface area contributed by atoms with Gasteiger partial charge in [0.2, 0.25) is 15.9 Å². The number of sulfonamides is 1. The molecule has 6 nitrogen and oxygen atoms in total. The monoisotopic (exact) mass is 382 g/mol. The first kappa shape index (κ1) is 19.1. The number of methoxy groups -OCH3 is 1. The lowest BCUT2D eigenvalue weighted by Crippen LogP contribution is -2.33. The normalized spacial score (nSPS) is 11.0. The van der Waals surface area contributed by atoms with Gasteiger partial charge in [0.05, 0.1) is 24.7 Å². The predicted octanol–water partition coefficient (Wildman–Crippen LogP) is 3.14. The second kappa shape index (κ2) is 8.22. The van der Waals surface area contributed by atoms with E-state index in [1.807, 2.05) is 0 Å². The highest BCUT2D eigenvalue weighted by Gasteiger charge is 2.18. The summed E-state index contributed by atoms with van der Waals surface area (Å²) in [7, 11) is -2.01. The molecule has 0 atom stereocenters. The van der Waals surface area contributed by atoms with Crippen molar-refractivity contribution < 1.29 is 17.9 Å². The van der Waals surface area contributed by atoms with Crippen LogP contribution in [0.15, 0.2) is 48.5 Å². The first-order valence-corrected chi connectivity index (χ1v) is 9.70. The van der Waals surface area contributed by atoms with E-state index in [1.165, 1.54) is 11.4 Å². The maximum Gasteiger partial charge on any atom is 0.232 e. The molecule has 0 aliphatic rings. The summed E-state index contributed by atoms with van der Waals surface area (Å²) in [4.78, 5) is 12.2. The average molecular weight is 383 g/mol. The Kier molecular flexibility index (Phi) is 6.27.